The van der Waals surface area contributed by atoms with Gasteiger partial charge in [0.15, 0.2) is 0 Å². The molecule has 1 fully saturated rings. The van der Waals surface area contributed by atoms with Gasteiger partial charge in [-0.2, -0.15) is 0 Å². The van der Waals surface area contributed by atoms with Crippen LogP contribution in [0.15, 0.2) is 24.3 Å². The lowest BCUT2D eigenvalue weighted by atomic mass is 10.1. The smallest absolute Gasteiger partial charge is 0.106 e. The largest absolute Gasteiger partial charge is 0.376 e. The van der Waals surface area contributed by atoms with Crippen molar-refractivity contribution < 1.29 is 9.47 Å². The maximum Gasteiger partial charge on any atom is 0.106 e. The summed E-state index contributed by atoms with van der Waals surface area (Å²) in [5, 5.41) is 0. The average Bonchev–Trinajstić information content (AvgIpc) is 2.21. The first-order chi connectivity index (χ1) is 5.97. The summed E-state index contributed by atoms with van der Waals surface area (Å²) in [6.45, 7) is 2.07. The summed E-state index contributed by atoms with van der Waals surface area (Å²) >= 11 is 0. The molecule has 63 valence electrons. The van der Waals surface area contributed by atoms with E-state index in [2.05, 4.69) is 6.07 Å². The molecule has 1 aromatic carbocycles. The summed E-state index contributed by atoms with van der Waals surface area (Å²) in [4.78, 5) is 0. The minimum Gasteiger partial charge on any atom is -0.376 e. The van der Waals surface area contributed by atoms with Crippen LogP contribution < -0.4 is 0 Å². The SMILES string of the molecule is [c]1cccc(C2COCCO2)c1. The van der Waals surface area contributed by atoms with Gasteiger partial charge in [-0.25, -0.2) is 0 Å². The second-order valence-corrected chi connectivity index (χ2v) is 2.77. The molecule has 0 aromatic heterocycles. The number of benzene rings is 1. The van der Waals surface area contributed by atoms with Gasteiger partial charge >= 0.3 is 0 Å². The van der Waals surface area contributed by atoms with Crippen LogP contribution in [0.25, 0.3) is 0 Å². The maximum absolute atomic E-state index is 5.52. The zero-order valence-corrected chi connectivity index (χ0v) is 6.82. The standard InChI is InChI=1S/C10H11O2/c1-2-4-9(5-3-1)10-8-11-6-7-12-10/h1-2,4-5,10H,6-8H2. The summed E-state index contributed by atoms with van der Waals surface area (Å²) in [5.74, 6) is 0. The van der Waals surface area contributed by atoms with E-state index in [1.54, 1.807) is 0 Å². The molecule has 0 spiro atoms. The van der Waals surface area contributed by atoms with Crippen molar-refractivity contribution in [2.24, 2.45) is 0 Å². The summed E-state index contributed by atoms with van der Waals surface area (Å²) in [5.41, 5.74) is 1.15. The van der Waals surface area contributed by atoms with E-state index in [-0.39, 0.29) is 6.10 Å². The van der Waals surface area contributed by atoms with Gasteiger partial charge in [-0.1, -0.05) is 18.2 Å². The molecule has 2 rings (SSSR count). The van der Waals surface area contributed by atoms with Crippen LogP contribution in [0.1, 0.15) is 11.7 Å². The number of hydrogen-bond acceptors (Lipinski definition) is 2. The zero-order valence-electron chi connectivity index (χ0n) is 6.82. The van der Waals surface area contributed by atoms with Gasteiger partial charge in [0.25, 0.3) is 0 Å². The van der Waals surface area contributed by atoms with Crippen LogP contribution in [0.3, 0.4) is 0 Å². The van der Waals surface area contributed by atoms with Crippen LogP contribution in [-0.2, 0) is 9.47 Å². The highest BCUT2D eigenvalue weighted by Gasteiger charge is 2.15. The van der Waals surface area contributed by atoms with E-state index >= 15 is 0 Å². The van der Waals surface area contributed by atoms with Gasteiger partial charge in [0.05, 0.1) is 19.8 Å². The summed E-state index contributed by atoms with van der Waals surface area (Å²) in [6.07, 6.45) is 0.108. The van der Waals surface area contributed by atoms with Crippen molar-refractivity contribution in [3.8, 4) is 0 Å². The minimum absolute atomic E-state index is 0.108. The van der Waals surface area contributed by atoms with E-state index in [0.717, 1.165) is 5.56 Å². The third-order valence-electron chi connectivity index (χ3n) is 1.92. The predicted molar refractivity (Wildman–Crippen MR) is 44.8 cm³/mol. The Hall–Kier alpha value is -0.860. The van der Waals surface area contributed by atoms with Gasteiger partial charge in [0.2, 0.25) is 0 Å². The molecule has 0 aliphatic carbocycles. The molecule has 0 amide bonds. The van der Waals surface area contributed by atoms with Crippen molar-refractivity contribution >= 4 is 0 Å². The van der Waals surface area contributed by atoms with E-state index in [1.807, 2.05) is 24.3 Å². The Morgan fingerprint density at radius 1 is 1.42 bits per heavy atom. The quantitative estimate of drug-likeness (QED) is 0.625. The van der Waals surface area contributed by atoms with E-state index in [0.29, 0.717) is 19.8 Å². The van der Waals surface area contributed by atoms with Crippen molar-refractivity contribution in [1.29, 1.82) is 0 Å². The maximum atomic E-state index is 5.52. The third kappa shape index (κ3) is 1.65. The molecule has 1 heterocycles. The minimum atomic E-state index is 0.108. The highest BCUT2D eigenvalue weighted by Crippen LogP contribution is 2.19. The normalized spacial score (nSPS) is 23.8. The molecule has 1 aromatic rings. The van der Waals surface area contributed by atoms with Crippen molar-refractivity contribution in [2.45, 2.75) is 6.10 Å². The summed E-state index contributed by atoms with van der Waals surface area (Å²) in [6, 6.07) is 10.9. The van der Waals surface area contributed by atoms with Gasteiger partial charge in [-0.3, -0.25) is 0 Å². The molecule has 2 heteroatoms. The molecule has 1 atom stereocenters. The Balaban J connectivity index is 2.08. The zero-order chi connectivity index (χ0) is 8.23. The van der Waals surface area contributed by atoms with E-state index < -0.39 is 0 Å². The van der Waals surface area contributed by atoms with Crippen LogP contribution in [0, 0.1) is 6.07 Å². The number of ether oxygens (including phenoxy) is 2. The van der Waals surface area contributed by atoms with E-state index in [9.17, 15) is 0 Å². The molecule has 0 N–H and O–H groups in total. The van der Waals surface area contributed by atoms with Crippen molar-refractivity contribution in [2.75, 3.05) is 19.8 Å². The van der Waals surface area contributed by atoms with Gasteiger partial charge < -0.3 is 9.47 Å². The lowest BCUT2D eigenvalue weighted by molar-refractivity contribution is -0.0901. The van der Waals surface area contributed by atoms with Gasteiger partial charge in [-0.15, -0.1) is 0 Å². The first kappa shape index (κ1) is 7.77. The topological polar surface area (TPSA) is 18.5 Å². The van der Waals surface area contributed by atoms with E-state index in [1.165, 1.54) is 0 Å². The first-order valence-electron chi connectivity index (χ1n) is 4.12. The molecular formula is C10H11O2. The molecule has 1 aliphatic heterocycles. The summed E-state index contributed by atoms with van der Waals surface area (Å²) < 4.78 is 10.8. The lowest BCUT2D eigenvalue weighted by Crippen LogP contribution is -2.21. The van der Waals surface area contributed by atoms with Gasteiger partial charge in [-0.05, 0) is 17.7 Å². The van der Waals surface area contributed by atoms with Crippen LogP contribution in [0.5, 0.6) is 0 Å². The Morgan fingerprint density at radius 2 is 2.42 bits per heavy atom. The number of hydrogen-bond donors (Lipinski definition) is 0. The Morgan fingerprint density at radius 3 is 3.08 bits per heavy atom. The van der Waals surface area contributed by atoms with Crippen LogP contribution in [-0.4, -0.2) is 19.8 Å². The second-order valence-electron chi connectivity index (χ2n) is 2.77. The fourth-order valence-electron chi connectivity index (χ4n) is 1.29. The molecular weight excluding hydrogens is 152 g/mol. The van der Waals surface area contributed by atoms with Crippen molar-refractivity contribution in [3.63, 3.8) is 0 Å². The molecule has 2 nitrogen and oxygen atoms in total. The molecule has 1 aliphatic rings. The van der Waals surface area contributed by atoms with E-state index in [4.69, 9.17) is 9.47 Å². The van der Waals surface area contributed by atoms with Gasteiger partial charge in [0, 0.05) is 0 Å². The second kappa shape index (κ2) is 3.70. The predicted octanol–water partition coefficient (Wildman–Crippen LogP) is 1.57. The molecule has 12 heavy (non-hydrogen) atoms. The molecule has 0 bridgehead atoms. The molecule has 0 saturated carbocycles. The highest BCUT2D eigenvalue weighted by atomic mass is 16.6. The Kier molecular flexibility index (Phi) is 2.39. The fourth-order valence-corrected chi connectivity index (χ4v) is 1.29. The van der Waals surface area contributed by atoms with Gasteiger partial charge in [0.1, 0.15) is 6.10 Å². The Labute approximate surface area is 72.1 Å². The average molecular weight is 163 g/mol. The monoisotopic (exact) mass is 163 g/mol. The van der Waals surface area contributed by atoms with Crippen LogP contribution >= 0.6 is 0 Å². The third-order valence-corrected chi connectivity index (χ3v) is 1.92. The highest BCUT2D eigenvalue weighted by molar-refractivity contribution is 5.16. The molecule has 1 radical (unpaired) electrons. The molecule has 1 saturated heterocycles. The summed E-state index contributed by atoms with van der Waals surface area (Å²) in [7, 11) is 0. The molecule has 1 unspecified atom stereocenters. The fraction of sp³-hybridized carbons (Fsp3) is 0.400. The van der Waals surface area contributed by atoms with Crippen LogP contribution in [0.4, 0.5) is 0 Å². The Bertz CT molecular complexity index is 227. The van der Waals surface area contributed by atoms with Crippen LogP contribution in [0.2, 0.25) is 0 Å². The lowest BCUT2D eigenvalue weighted by Gasteiger charge is -2.22. The van der Waals surface area contributed by atoms with Crippen molar-refractivity contribution in [1.82, 2.24) is 0 Å². The first-order valence-corrected chi connectivity index (χ1v) is 4.12. The number of rotatable bonds is 1. The van der Waals surface area contributed by atoms with Crippen molar-refractivity contribution in [3.05, 3.63) is 35.9 Å².